The average Bonchev–Trinajstić information content (AvgIpc) is 2.45. The number of rotatable bonds is 8. The summed E-state index contributed by atoms with van der Waals surface area (Å²) in [6, 6.07) is 8.39. The van der Waals surface area contributed by atoms with Crippen LogP contribution in [0.2, 0.25) is 0 Å². The first-order chi connectivity index (χ1) is 9.78. The third-order valence-corrected chi connectivity index (χ3v) is 3.56. The zero-order valence-corrected chi connectivity index (χ0v) is 12.6. The summed E-state index contributed by atoms with van der Waals surface area (Å²) in [7, 11) is 1.74. The molecule has 1 saturated carbocycles. The maximum atomic E-state index is 5.65. The molecular formula is C16H25NO3. The van der Waals surface area contributed by atoms with Gasteiger partial charge in [0.2, 0.25) is 0 Å². The van der Waals surface area contributed by atoms with Crippen LogP contribution in [0, 0.1) is 0 Å². The van der Waals surface area contributed by atoms with Crippen molar-refractivity contribution < 1.29 is 14.2 Å². The highest BCUT2D eigenvalue weighted by molar-refractivity contribution is 5.49. The van der Waals surface area contributed by atoms with Crippen molar-refractivity contribution in [1.82, 2.24) is 0 Å². The molecule has 0 saturated heterocycles. The molecule has 0 radical (unpaired) electrons. The van der Waals surface area contributed by atoms with E-state index in [1.165, 1.54) is 0 Å². The van der Waals surface area contributed by atoms with Gasteiger partial charge in [0.05, 0.1) is 18.8 Å². The molecule has 0 bridgehead atoms. The molecule has 1 fully saturated rings. The molecule has 1 N–H and O–H groups in total. The monoisotopic (exact) mass is 279 g/mol. The predicted octanol–water partition coefficient (Wildman–Crippen LogP) is 3.08. The Morgan fingerprint density at radius 2 is 2.15 bits per heavy atom. The Labute approximate surface area is 121 Å². The lowest BCUT2D eigenvalue weighted by Gasteiger charge is -2.43. The van der Waals surface area contributed by atoms with E-state index < -0.39 is 0 Å². The predicted molar refractivity (Wildman–Crippen MR) is 80.5 cm³/mol. The fraction of sp³-hybridized carbons (Fsp3) is 0.625. The first kappa shape index (κ1) is 15.1. The average molecular weight is 279 g/mol. The highest BCUT2D eigenvalue weighted by Gasteiger charge is 2.42. The smallest absolute Gasteiger partial charge is 0.121 e. The summed E-state index contributed by atoms with van der Waals surface area (Å²) in [5.74, 6) is 0.909. The summed E-state index contributed by atoms with van der Waals surface area (Å²) in [5, 5.41) is 3.50. The van der Waals surface area contributed by atoms with Gasteiger partial charge in [-0.2, -0.15) is 0 Å². The van der Waals surface area contributed by atoms with Gasteiger partial charge >= 0.3 is 0 Å². The maximum absolute atomic E-state index is 5.65. The number of ether oxygens (including phenoxy) is 3. The molecule has 4 nitrogen and oxygen atoms in total. The van der Waals surface area contributed by atoms with Crippen LogP contribution in [0.1, 0.15) is 26.7 Å². The summed E-state index contributed by atoms with van der Waals surface area (Å²) < 4.78 is 16.8. The molecule has 0 heterocycles. The van der Waals surface area contributed by atoms with E-state index in [0.717, 1.165) is 37.5 Å². The van der Waals surface area contributed by atoms with Crippen LogP contribution in [0.25, 0.3) is 0 Å². The minimum Gasteiger partial charge on any atom is -0.494 e. The van der Waals surface area contributed by atoms with Gasteiger partial charge in [-0.05, 0) is 31.9 Å². The minimum atomic E-state index is 0.121. The largest absolute Gasteiger partial charge is 0.494 e. The fourth-order valence-electron chi connectivity index (χ4n) is 2.53. The molecule has 0 amide bonds. The van der Waals surface area contributed by atoms with E-state index in [1.807, 2.05) is 25.1 Å². The molecule has 20 heavy (non-hydrogen) atoms. The van der Waals surface area contributed by atoms with E-state index in [0.29, 0.717) is 6.04 Å². The van der Waals surface area contributed by atoms with Crippen LogP contribution in [-0.4, -0.2) is 38.6 Å². The topological polar surface area (TPSA) is 39.7 Å². The Hall–Kier alpha value is -1.26. The molecule has 0 aliphatic heterocycles. The summed E-state index contributed by atoms with van der Waals surface area (Å²) in [6.45, 7) is 5.60. The van der Waals surface area contributed by atoms with Crippen LogP contribution >= 0.6 is 0 Å². The van der Waals surface area contributed by atoms with Gasteiger partial charge in [-0.15, -0.1) is 0 Å². The molecule has 0 aromatic heterocycles. The van der Waals surface area contributed by atoms with Gasteiger partial charge in [0.15, 0.2) is 0 Å². The number of hydrogen-bond donors (Lipinski definition) is 1. The molecule has 1 aliphatic rings. The van der Waals surface area contributed by atoms with Crippen LogP contribution in [0.3, 0.4) is 0 Å². The molecule has 1 aliphatic carbocycles. The van der Waals surface area contributed by atoms with Gasteiger partial charge in [0.25, 0.3) is 0 Å². The molecule has 3 unspecified atom stereocenters. The minimum absolute atomic E-state index is 0.121. The highest BCUT2D eigenvalue weighted by Crippen LogP contribution is 2.30. The SMILES string of the molecule is CCCOc1cccc(NC2CC(OCC)C2OC)c1. The van der Waals surface area contributed by atoms with Crippen molar-refractivity contribution in [1.29, 1.82) is 0 Å². The third-order valence-electron chi connectivity index (χ3n) is 3.56. The molecule has 4 heteroatoms. The Balaban J connectivity index is 1.90. The number of hydrogen-bond acceptors (Lipinski definition) is 4. The number of benzene rings is 1. The highest BCUT2D eigenvalue weighted by atomic mass is 16.5. The Kier molecular flexibility index (Phi) is 5.68. The fourth-order valence-corrected chi connectivity index (χ4v) is 2.53. The van der Waals surface area contributed by atoms with E-state index in [9.17, 15) is 0 Å². The van der Waals surface area contributed by atoms with Gasteiger partial charge in [-0.3, -0.25) is 0 Å². The number of anilines is 1. The van der Waals surface area contributed by atoms with Gasteiger partial charge < -0.3 is 19.5 Å². The van der Waals surface area contributed by atoms with Crippen molar-refractivity contribution in [3.05, 3.63) is 24.3 Å². The molecule has 1 aromatic rings. The second-order valence-corrected chi connectivity index (χ2v) is 5.06. The molecule has 112 valence electrons. The van der Waals surface area contributed by atoms with Crippen molar-refractivity contribution in [2.45, 2.75) is 44.9 Å². The summed E-state index contributed by atoms with van der Waals surface area (Å²) in [4.78, 5) is 0. The lowest BCUT2D eigenvalue weighted by molar-refractivity contribution is -0.118. The van der Waals surface area contributed by atoms with Gasteiger partial charge in [0.1, 0.15) is 11.9 Å². The molecule has 2 rings (SSSR count). The van der Waals surface area contributed by atoms with E-state index in [1.54, 1.807) is 7.11 Å². The molecule has 1 aromatic carbocycles. The van der Waals surface area contributed by atoms with Gasteiger partial charge in [0, 0.05) is 25.5 Å². The quantitative estimate of drug-likeness (QED) is 0.794. The maximum Gasteiger partial charge on any atom is 0.121 e. The standard InChI is InChI=1S/C16H25NO3/c1-4-9-20-13-8-6-7-12(10-13)17-14-11-15(19-5-2)16(14)18-3/h6-8,10,14-17H,4-5,9,11H2,1-3H3. The Bertz CT molecular complexity index is 410. The van der Waals surface area contributed by atoms with Crippen molar-refractivity contribution >= 4 is 5.69 Å². The lowest BCUT2D eigenvalue weighted by atomic mass is 9.85. The zero-order chi connectivity index (χ0) is 14.4. The van der Waals surface area contributed by atoms with Crippen molar-refractivity contribution in [2.24, 2.45) is 0 Å². The van der Waals surface area contributed by atoms with Gasteiger partial charge in [-0.25, -0.2) is 0 Å². The first-order valence-electron chi connectivity index (χ1n) is 7.42. The Morgan fingerprint density at radius 1 is 1.30 bits per heavy atom. The van der Waals surface area contributed by atoms with Crippen LogP contribution in [0.5, 0.6) is 5.75 Å². The van der Waals surface area contributed by atoms with Crippen LogP contribution < -0.4 is 10.1 Å². The van der Waals surface area contributed by atoms with Crippen molar-refractivity contribution in [3.8, 4) is 5.75 Å². The van der Waals surface area contributed by atoms with Crippen LogP contribution in [-0.2, 0) is 9.47 Å². The second-order valence-electron chi connectivity index (χ2n) is 5.06. The third kappa shape index (κ3) is 3.64. The van der Waals surface area contributed by atoms with Crippen molar-refractivity contribution in [2.75, 3.05) is 25.6 Å². The normalized spacial score (nSPS) is 25.1. The Morgan fingerprint density at radius 3 is 2.85 bits per heavy atom. The van der Waals surface area contributed by atoms with E-state index >= 15 is 0 Å². The molecular weight excluding hydrogens is 254 g/mol. The number of methoxy groups -OCH3 is 1. The van der Waals surface area contributed by atoms with Crippen LogP contribution in [0.15, 0.2) is 24.3 Å². The first-order valence-corrected chi connectivity index (χ1v) is 7.42. The number of nitrogens with one attached hydrogen (secondary N) is 1. The van der Waals surface area contributed by atoms with Crippen LogP contribution in [0.4, 0.5) is 5.69 Å². The van der Waals surface area contributed by atoms with E-state index in [2.05, 4.69) is 18.3 Å². The lowest BCUT2D eigenvalue weighted by Crippen LogP contribution is -2.56. The zero-order valence-electron chi connectivity index (χ0n) is 12.6. The summed E-state index contributed by atoms with van der Waals surface area (Å²) in [5.41, 5.74) is 1.07. The molecule has 3 atom stereocenters. The van der Waals surface area contributed by atoms with E-state index in [-0.39, 0.29) is 12.2 Å². The van der Waals surface area contributed by atoms with E-state index in [4.69, 9.17) is 14.2 Å². The second kappa shape index (κ2) is 7.50. The summed E-state index contributed by atoms with van der Waals surface area (Å²) in [6.07, 6.45) is 2.33. The van der Waals surface area contributed by atoms with Gasteiger partial charge in [-0.1, -0.05) is 13.0 Å². The molecule has 0 spiro atoms. The van der Waals surface area contributed by atoms with Crippen molar-refractivity contribution in [3.63, 3.8) is 0 Å². The summed E-state index contributed by atoms with van der Waals surface area (Å²) >= 11 is 0.